The van der Waals surface area contributed by atoms with Crippen molar-refractivity contribution in [1.29, 1.82) is 0 Å². The summed E-state index contributed by atoms with van der Waals surface area (Å²) >= 11 is 0. The van der Waals surface area contributed by atoms with Crippen LogP contribution in [0.5, 0.6) is 0 Å². The van der Waals surface area contributed by atoms with Gasteiger partial charge in [-0.05, 0) is 37.3 Å². The van der Waals surface area contributed by atoms with Crippen molar-refractivity contribution in [2.75, 3.05) is 20.1 Å². The average molecular weight is 312 g/mol. The van der Waals surface area contributed by atoms with E-state index in [0.29, 0.717) is 31.5 Å². The van der Waals surface area contributed by atoms with Crippen LogP contribution in [0.3, 0.4) is 0 Å². The maximum atomic E-state index is 12.5. The van der Waals surface area contributed by atoms with Gasteiger partial charge in [0, 0.05) is 26.1 Å². The Labute approximate surface area is 127 Å². The number of piperidine rings is 1. The van der Waals surface area contributed by atoms with Gasteiger partial charge in [-0.2, -0.15) is 17.0 Å². The molecule has 0 aromatic carbocycles. The largest absolute Gasteiger partial charge is 0.464 e. The zero-order valence-corrected chi connectivity index (χ0v) is 13.6. The van der Waals surface area contributed by atoms with E-state index < -0.39 is 10.2 Å². The lowest BCUT2D eigenvalue weighted by molar-refractivity contribution is 0.305. The van der Waals surface area contributed by atoms with Crippen LogP contribution in [-0.4, -0.2) is 37.2 Å². The van der Waals surface area contributed by atoms with Gasteiger partial charge in [0.05, 0.1) is 6.54 Å². The summed E-state index contributed by atoms with van der Waals surface area (Å²) in [5.41, 5.74) is 0. The van der Waals surface area contributed by atoms with Crippen LogP contribution in [0, 0.1) is 5.92 Å². The summed E-state index contributed by atoms with van der Waals surface area (Å²) in [4.78, 5) is 0. The molecule has 3 rings (SSSR count). The van der Waals surface area contributed by atoms with E-state index >= 15 is 0 Å². The topological polar surface area (TPSA) is 53.8 Å². The molecule has 2 heterocycles. The summed E-state index contributed by atoms with van der Waals surface area (Å²) in [6.45, 7) is 3.78. The molecule has 0 bridgehead atoms. The predicted octanol–water partition coefficient (Wildman–Crippen LogP) is 2.57. The van der Waals surface area contributed by atoms with Gasteiger partial charge in [0.2, 0.25) is 0 Å². The SMILES string of the molecule is C[C@H]1C[C@@H]1c1ccc(CN(C)S(=O)(=O)N2CCCCC2)o1. The zero-order valence-electron chi connectivity index (χ0n) is 12.8. The molecule has 1 aliphatic heterocycles. The van der Waals surface area contributed by atoms with E-state index in [1.807, 2.05) is 12.1 Å². The van der Waals surface area contributed by atoms with E-state index in [1.165, 1.54) is 10.7 Å². The third-order valence-electron chi connectivity index (χ3n) is 4.57. The molecular weight excluding hydrogens is 288 g/mol. The summed E-state index contributed by atoms with van der Waals surface area (Å²) in [5.74, 6) is 2.95. The fraction of sp³-hybridized carbons (Fsp3) is 0.733. The van der Waals surface area contributed by atoms with Crippen molar-refractivity contribution in [2.24, 2.45) is 5.92 Å². The Hall–Kier alpha value is -0.850. The smallest absolute Gasteiger partial charge is 0.282 e. The third-order valence-corrected chi connectivity index (χ3v) is 6.51. The summed E-state index contributed by atoms with van der Waals surface area (Å²) < 4.78 is 33.8. The quantitative estimate of drug-likeness (QED) is 0.839. The van der Waals surface area contributed by atoms with Crippen molar-refractivity contribution < 1.29 is 12.8 Å². The number of rotatable bonds is 5. The number of hydrogen-bond acceptors (Lipinski definition) is 3. The van der Waals surface area contributed by atoms with Crippen LogP contribution < -0.4 is 0 Å². The van der Waals surface area contributed by atoms with Gasteiger partial charge in [0.25, 0.3) is 10.2 Å². The van der Waals surface area contributed by atoms with Crippen LogP contribution in [0.25, 0.3) is 0 Å². The lowest BCUT2D eigenvalue weighted by Crippen LogP contribution is -2.43. The first-order chi connectivity index (χ1) is 9.98. The van der Waals surface area contributed by atoms with Crippen LogP contribution in [0.1, 0.15) is 50.0 Å². The summed E-state index contributed by atoms with van der Waals surface area (Å²) in [6.07, 6.45) is 4.21. The Morgan fingerprint density at radius 3 is 2.57 bits per heavy atom. The fourth-order valence-electron chi connectivity index (χ4n) is 2.99. The molecule has 2 aliphatic rings. The van der Waals surface area contributed by atoms with Gasteiger partial charge < -0.3 is 4.42 Å². The van der Waals surface area contributed by atoms with Gasteiger partial charge >= 0.3 is 0 Å². The van der Waals surface area contributed by atoms with Crippen LogP contribution in [0.15, 0.2) is 16.5 Å². The zero-order chi connectivity index (χ0) is 15.0. The van der Waals surface area contributed by atoms with Crippen molar-refractivity contribution in [3.8, 4) is 0 Å². The first-order valence-corrected chi connectivity index (χ1v) is 9.18. The molecule has 5 nitrogen and oxygen atoms in total. The minimum atomic E-state index is -3.36. The van der Waals surface area contributed by atoms with E-state index in [4.69, 9.17) is 4.42 Å². The van der Waals surface area contributed by atoms with Crippen molar-refractivity contribution in [3.05, 3.63) is 23.7 Å². The molecule has 0 amide bonds. The van der Waals surface area contributed by atoms with Gasteiger partial charge in [-0.1, -0.05) is 13.3 Å². The minimum Gasteiger partial charge on any atom is -0.464 e. The van der Waals surface area contributed by atoms with Crippen molar-refractivity contribution in [3.63, 3.8) is 0 Å². The number of furan rings is 1. The monoisotopic (exact) mass is 312 g/mol. The van der Waals surface area contributed by atoms with E-state index in [0.717, 1.165) is 30.8 Å². The number of nitrogens with zero attached hydrogens (tertiary/aromatic N) is 2. The van der Waals surface area contributed by atoms with Crippen LogP contribution in [0.2, 0.25) is 0 Å². The Kier molecular flexibility index (Phi) is 4.12. The highest BCUT2D eigenvalue weighted by atomic mass is 32.2. The maximum absolute atomic E-state index is 12.5. The predicted molar refractivity (Wildman–Crippen MR) is 81.0 cm³/mol. The molecule has 1 aromatic heterocycles. The standard InChI is InChI=1S/C15H24N2O3S/c1-12-10-14(12)15-7-6-13(20-15)11-16(2)21(18,19)17-8-4-3-5-9-17/h6-7,12,14H,3-5,8-11H2,1-2H3/t12-,14-/m0/s1. The second-order valence-electron chi connectivity index (χ2n) is 6.35. The first kappa shape index (κ1) is 15.1. The van der Waals surface area contributed by atoms with Gasteiger partial charge in [-0.15, -0.1) is 0 Å². The normalized spacial score (nSPS) is 27.2. The maximum Gasteiger partial charge on any atom is 0.282 e. The Morgan fingerprint density at radius 1 is 1.29 bits per heavy atom. The van der Waals surface area contributed by atoms with E-state index in [2.05, 4.69) is 6.92 Å². The van der Waals surface area contributed by atoms with Crippen LogP contribution in [-0.2, 0) is 16.8 Å². The molecule has 6 heteroatoms. The molecule has 118 valence electrons. The van der Waals surface area contributed by atoms with E-state index in [-0.39, 0.29) is 0 Å². The second kappa shape index (κ2) is 5.74. The first-order valence-electron chi connectivity index (χ1n) is 7.78. The average Bonchev–Trinajstić information content (AvgIpc) is 3.02. The molecule has 0 N–H and O–H groups in total. The van der Waals surface area contributed by atoms with Crippen molar-refractivity contribution in [1.82, 2.24) is 8.61 Å². The molecule has 1 aromatic rings. The summed E-state index contributed by atoms with van der Waals surface area (Å²) in [6, 6.07) is 3.90. The molecule has 0 radical (unpaired) electrons. The van der Waals surface area contributed by atoms with Crippen LogP contribution >= 0.6 is 0 Å². The van der Waals surface area contributed by atoms with Crippen molar-refractivity contribution >= 4 is 10.2 Å². The molecule has 21 heavy (non-hydrogen) atoms. The van der Waals surface area contributed by atoms with Gasteiger partial charge in [-0.3, -0.25) is 0 Å². The molecule has 0 spiro atoms. The summed E-state index contributed by atoms with van der Waals surface area (Å²) in [5, 5.41) is 0. The molecule has 1 saturated carbocycles. The van der Waals surface area contributed by atoms with E-state index in [1.54, 1.807) is 11.4 Å². The number of hydrogen-bond donors (Lipinski definition) is 0. The molecular formula is C15H24N2O3S. The molecule has 2 fully saturated rings. The lowest BCUT2D eigenvalue weighted by Gasteiger charge is -2.29. The van der Waals surface area contributed by atoms with Gasteiger partial charge in [-0.25, -0.2) is 0 Å². The third kappa shape index (κ3) is 3.17. The minimum absolute atomic E-state index is 0.305. The van der Waals surface area contributed by atoms with Gasteiger partial charge in [0.1, 0.15) is 11.5 Å². The van der Waals surface area contributed by atoms with E-state index in [9.17, 15) is 8.42 Å². The fourth-order valence-corrected chi connectivity index (χ4v) is 4.40. The van der Waals surface area contributed by atoms with Gasteiger partial charge in [0.15, 0.2) is 0 Å². The Bertz CT molecular complexity index is 590. The highest BCUT2D eigenvalue weighted by Gasteiger charge is 2.37. The molecule has 2 atom stereocenters. The van der Waals surface area contributed by atoms with Crippen molar-refractivity contribution in [2.45, 2.75) is 45.1 Å². The lowest BCUT2D eigenvalue weighted by atomic mass is 10.2. The molecule has 1 aliphatic carbocycles. The highest BCUT2D eigenvalue weighted by Crippen LogP contribution is 2.47. The highest BCUT2D eigenvalue weighted by molar-refractivity contribution is 7.86. The summed E-state index contributed by atoms with van der Waals surface area (Å²) in [7, 11) is -1.73. The molecule has 1 saturated heterocycles. The van der Waals surface area contributed by atoms with Crippen LogP contribution in [0.4, 0.5) is 0 Å². The Morgan fingerprint density at radius 2 is 1.95 bits per heavy atom. The molecule has 0 unspecified atom stereocenters. The Balaban J connectivity index is 1.64. The second-order valence-corrected chi connectivity index (χ2v) is 8.38.